The maximum Gasteiger partial charge on any atom is 0.253 e. The van der Waals surface area contributed by atoms with Crippen LogP contribution in [0, 0.1) is 0 Å². The van der Waals surface area contributed by atoms with Crippen molar-refractivity contribution < 1.29 is 9.59 Å². The SMILES string of the molecule is O=C(CN1CCN(C(=O)c2ccccc2)CC1)N[C@@H](Cc1ccccc1)c1ccccc1. The summed E-state index contributed by atoms with van der Waals surface area (Å²) in [6.07, 6.45) is 0.746. The first-order valence-electron chi connectivity index (χ1n) is 11.1. The van der Waals surface area contributed by atoms with Crippen LogP contribution in [0.1, 0.15) is 27.5 Å². The number of piperazine rings is 1. The van der Waals surface area contributed by atoms with Crippen molar-refractivity contribution in [2.75, 3.05) is 32.7 Å². The number of hydrogen-bond acceptors (Lipinski definition) is 3. The van der Waals surface area contributed by atoms with Crippen molar-refractivity contribution in [3.05, 3.63) is 108 Å². The summed E-state index contributed by atoms with van der Waals surface area (Å²) < 4.78 is 0. The average Bonchev–Trinajstić information content (AvgIpc) is 2.85. The van der Waals surface area contributed by atoms with Crippen LogP contribution >= 0.6 is 0 Å². The van der Waals surface area contributed by atoms with Crippen LogP contribution in [0.2, 0.25) is 0 Å². The fourth-order valence-corrected chi connectivity index (χ4v) is 4.10. The normalized spacial score (nSPS) is 15.2. The van der Waals surface area contributed by atoms with Crippen LogP contribution < -0.4 is 5.32 Å². The molecule has 32 heavy (non-hydrogen) atoms. The maximum atomic E-state index is 12.9. The Hall–Kier alpha value is -3.44. The van der Waals surface area contributed by atoms with Gasteiger partial charge in [-0.2, -0.15) is 0 Å². The van der Waals surface area contributed by atoms with Gasteiger partial charge in [-0.1, -0.05) is 78.9 Å². The molecular weight excluding hydrogens is 398 g/mol. The highest BCUT2D eigenvalue weighted by atomic mass is 16.2. The van der Waals surface area contributed by atoms with E-state index in [-0.39, 0.29) is 17.9 Å². The molecule has 164 valence electrons. The van der Waals surface area contributed by atoms with E-state index in [1.54, 1.807) is 0 Å². The average molecular weight is 428 g/mol. The van der Waals surface area contributed by atoms with Gasteiger partial charge in [0.15, 0.2) is 0 Å². The smallest absolute Gasteiger partial charge is 0.253 e. The molecule has 0 radical (unpaired) electrons. The molecule has 3 aromatic rings. The molecule has 1 aliphatic rings. The van der Waals surface area contributed by atoms with Gasteiger partial charge in [-0.15, -0.1) is 0 Å². The molecule has 1 aliphatic heterocycles. The molecule has 1 heterocycles. The van der Waals surface area contributed by atoms with Gasteiger partial charge in [0.1, 0.15) is 0 Å². The monoisotopic (exact) mass is 427 g/mol. The molecule has 2 amide bonds. The fourth-order valence-electron chi connectivity index (χ4n) is 4.10. The van der Waals surface area contributed by atoms with Crippen LogP contribution in [-0.4, -0.2) is 54.3 Å². The van der Waals surface area contributed by atoms with Crippen molar-refractivity contribution in [3.8, 4) is 0 Å². The Balaban J connectivity index is 1.32. The highest BCUT2D eigenvalue weighted by Crippen LogP contribution is 2.18. The Morgan fingerprint density at radius 1 is 0.750 bits per heavy atom. The lowest BCUT2D eigenvalue weighted by Gasteiger charge is -2.34. The third-order valence-corrected chi connectivity index (χ3v) is 5.87. The quantitative estimate of drug-likeness (QED) is 0.628. The van der Waals surface area contributed by atoms with E-state index < -0.39 is 0 Å². The summed E-state index contributed by atoms with van der Waals surface area (Å²) in [7, 11) is 0. The number of benzene rings is 3. The third-order valence-electron chi connectivity index (χ3n) is 5.87. The Morgan fingerprint density at radius 2 is 1.31 bits per heavy atom. The number of carbonyl (C=O) groups excluding carboxylic acids is 2. The zero-order valence-corrected chi connectivity index (χ0v) is 18.2. The molecule has 0 aromatic heterocycles. The molecule has 0 bridgehead atoms. The number of nitrogens with zero attached hydrogens (tertiary/aromatic N) is 2. The predicted molar refractivity (Wildman–Crippen MR) is 126 cm³/mol. The van der Waals surface area contributed by atoms with Gasteiger partial charge < -0.3 is 10.2 Å². The molecule has 3 aromatic carbocycles. The van der Waals surface area contributed by atoms with E-state index in [4.69, 9.17) is 0 Å². The number of carbonyl (C=O) groups is 2. The second-order valence-corrected chi connectivity index (χ2v) is 8.15. The van der Waals surface area contributed by atoms with Crippen LogP contribution in [0.3, 0.4) is 0 Å². The number of rotatable bonds is 7. The van der Waals surface area contributed by atoms with Gasteiger partial charge in [0, 0.05) is 31.7 Å². The number of nitrogens with one attached hydrogen (secondary N) is 1. The van der Waals surface area contributed by atoms with Crippen LogP contribution in [0.15, 0.2) is 91.0 Å². The van der Waals surface area contributed by atoms with Gasteiger partial charge in [0.25, 0.3) is 5.91 Å². The molecule has 4 rings (SSSR count). The van der Waals surface area contributed by atoms with E-state index in [0.29, 0.717) is 38.3 Å². The van der Waals surface area contributed by atoms with E-state index >= 15 is 0 Å². The Bertz CT molecular complexity index is 1000. The molecule has 5 heteroatoms. The summed E-state index contributed by atoms with van der Waals surface area (Å²) in [5, 5.41) is 3.23. The molecule has 0 aliphatic carbocycles. The molecule has 1 saturated heterocycles. The summed E-state index contributed by atoms with van der Waals surface area (Å²) in [4.78, 5) is 29.5. The van der Waals surface area contributed by atoms with Gasteiger partial charge in [-0.05, 0) is 29.7 Å². The maximum absolute atomic E-state index is 12.9. The van der Waals surface area contributed by atoms with E-state index in [2.05, 4.69) is 34.5 Å². The van der Waals surface area contributed by atoms with E-state index in [9.17, 15) is 9.59 Å². The van der Waals surface area contributed by atoms with Crippen molar-refractivity contribution in [1.82, 2.24) is 15.1 Å². The van der Waals surface area contributed by atoms with Crippen LogP contribution in [-0.2, 0) is 11.2 Å². The minimum atomic E-state index is -0.0768. The van der Waals surface area contributed by atoms with Crippen molar-refractivity contribution in [1.29, 1.82) is 0 Å². The lowest BCUT2D eigenvalue weighted by Crippen LogP contribution is -2.51. The number of hydrogen-bond donors (Lipinski definition) is 1. The van der Waals surface area contributed by atoms with Gasteiger partial charge in [-0.3, -0.25) is 14.5 Å². The van der Waals surface area contributed by atoms with Gasteiger partial charge in [0.05, 0.1) is 12.6 Å². The Labute approximate surface area is 189 Å². The van der Waals surface area contributed by atoms with Crippen LogP contribution in [0.25, 0.3) is 0 Å². The van der Waals surface area contributed by atoms with Gasteiger partial charge in [0.2, 0.25) is 5.91 Å². The van der Waals surface area contributed by atoms with Crippen LogP contribution in [0.5, 0.6) is 0 Å². The molecule has 1 N–H and O–H groups in total. The highest BCUT2D eigenvalue weighted by molar-refractivity contribution is 5.94. The minimum absolute atomic E-state index is 0.0117. The standard InChI is InChI=1S/C27H29N3O2/c31-26(21-29-16-18-30(19-17-29)27(32)24-14-8-3-9-15-24)28-25(23-12-6-2-7-13-23)20-22-10-4-1-5-11-22/h1-15,25H,16-21H2,(H,28,31)/t25-/m0/s1. The van der Waals surface area contributed by atoms with Gasteiger partial charge >= 0.3 is 0 Å². The predicted octanol–water partition coefficient (Wildman–Crippen LogP) is 3.54. The molecule has 0 saturated carbocycles. The Kier molecular flexibility index (Phi) is 7.31. The van der Waals surface area contributed by atoms with Crippen molar-refractivity contribution >= 4 is 11.8 Å². The fraction of sp³-hybridized carbons (Fsp3) is 0.259. The summed E-state index contributed by atoms with van der Waals surface area (Å²) in [6.45, 7) is 2.99. The highest BCUT2D eigenvalue weighted by Gasteiger charge is 2.24. The zero-order valence-electron chi connectivity index (χ0n) is 18.2. The second kappa shape index (κ2) is 10.7. The molecule has 1 fully saturated rings. The van der Waals surface area contributed by atoms with E-state index in [0.717, 1.165) is 12.0 Å². The molecule has 0 unspecified atom stereocenters. The number of amides is 2. The minimum Gasteiger partial charge on any atom is -0.348 e. The topological polar surface area (TPSA) is 52.7 Å². The summed E-state index contributed by atoms with van der Waals surface area (Å²) in [6, 6.07) is 29.6. The molecular formula is C27H29N3O2. The molecule has 1 atom stereocenters. The third kappa shape index (κ3) is 5.83. The van der Waals surface area contributed by atoms with Gasteiger partial charge in [-0.25, -0.2) is 0 Å². The van der Waals surface area contributed by atoms with Crippen LogP contribution in [0.4, 0.5) is 0 Å². The second-order valence-electron chi connectivity index (χ2n) is 8.15. The molecule has 0 spiro atoms. The lowest BCUT2D eigenvalue weighted by molar-refractivity contribution is -0.123. The van der Waals surface area contributed by atoms with E-state index in [1.807, 2.05) is 71.6 Å². The summed E-state index contributed by atoms with van der Waals surface area (Å²) in [5.41, 5.74) is 3.00. The van der Waals surface area contributed by atoms with E-state index in [1.165, 1.54) is 5.56 Å². The largest absolute Gasteiger partial charge is 0.348 e. The first-order chi connectivity index (χ1) is 15.7. The first kappa shape index (κ1) is 21.8. The summed E-state index contributed by atoms with van der Waals surface area (Å²) >= 11 is 0. The summed E-state index contributed by atoms with van der Waals surface area (Å²) in [5.74, 6) is 0.0688. The zero-order chi connectivity index (χ0) is 22.2. The first-order valence-corrected chi connectivity index (χ1v) is 11.1. The molecule has 5 nitrogen and oxygen atoms in total. The van der Waals surface area contributed by atoms with Crippen molar-refractivity contribution in [2.24, 2.45) is 0 Å². The lowest BCUT2D eigenvalue weighted by atomic mass is 9.99. The Morgan fingerprint density at radius 3 is 1.94 bits per heavy atom. The van der Waals surface area contributed by atoms with Crippen molar-refractivity contribution in [3.63, 3.8) is 0 Å². The van der Waals surface area contributed by atoms with Crippen molar-refractivity contribution in [2.45, 2.75) is 12.5 Å².